The molecule has 1 amide bonds. The predicted octanol–water partition coefficient (Wildman–Crippen LogP) is 2.83. The van der Waals surface area contributed by atoms with Gasteiger partial charge in [0.1, 0.15) is 4.99 Å². The molecule has 0 aliphatic heterocycles. The summed E-state index contributed by atoms with van der Waals surface area (Å²) in [4.78, 5) is 14.7. The average Bonchev–Trinajstić information content (AvgIpc) is 3.09. The molecular weight excluding hydrogens is 280 g/mol. The highest BCUT2D eigenvalue weighted by Crippen LogP contribution is 2.48. The number of carbonyl (C=O) groups is 1. The van der Waals surface area contributed by atoms with Crippen LogP contribution in [0.5, 0.6) is 0 Å². The normalized spacial score (nSPS) is 26.8. The summed E-state index contributed by atoms with van der Waals surface area (Å²) in [7, 11) is 1.91. The van der Waals surface area contributed by atoms with Gasteiger partial charge in [0.15, 0.2) is 0 Å². The highest BCUT2D eigenvalue weighted by Gasteiger charge is 2.40. The van der Waals surface area contributed by atoms with E-state index >= 15 is 0 Å². The number of fused-ring (bicyclic) bond motifs is 2. The molecule has 2 bridgehead atoms. The summed E-state index contributed by atoms with van der Waals surface area (Å²) in [5, 5.41) is 0. The third-order valence-corrected chi connectivity index (χ3v) is 5.39. The Hall–Kier alpha value is -1.42. The Labute approximate surface area is 131 Å². The summed E-state index contributed by atoms with van der Waals surface area (Å²) in [5.41, 5.74) is 7.09. The fraction of sp³-hybridized carbons (Fsp3) is 0.529. The van der Waals surface area contributed by atoms with E-state index in [1.807, 2.05) is 36.2 Å². The molecule has 2 fully saturated rings. The van der Waals surface area contributed by atoms with Gasteiger partial charge in [-0.05, 0) is 49.1 Å². The number of amides is 1. The molecule has 2 N–H and O–H groups in total. The number of nitrogens with zero attached hydrogens (tertiary/aromatic N) is 1. The van der Waals surface area contributed by atoms with E-state index in [1.165, 1.54) is 25.7 Å². The second-order valence-corrected chi connectivity index (χ2v) is 7.00. The van der Waals surface area contributed by atoms with Gasteiger partial charge >= 0.3 is 0 Å². The van der Waals surface area contributed by atoms with Crippen LogP contribution in [0, 0.1) is 17.8 Å². The van der Waals surface area contributed by atoms with Crippen LogP contribution in [0.4, 0.5) is 0 Å². The molecule has 0 spiro atoms. The van der Waals surface area contributed by atoms with Crippen LogP contribution in [0.25, 0.3) is 0 Å². The molecule has 0 heterocycles. The maximum Gasteiger partial charge on any atom is 0.253 e. The van der Waals surface area contributed by atoms with Crippen LogP contribution in [-0.2, 0) is 0 Å². The van der Waals surface area contributed by atoms with Gasteiger partial charge in [0.2, 0.25) is 0 Å². The van der Waals surface area contributed by atoms with Crippen molar-refractivity contribution in [3.05, 3.63) is 35.4 Å². The van der Waals surface area contributed by atoms with Crippen molar-refractivity contribution in [2.75, 3.05) is 13.6 Å². The first-order chi connectivity index (χ1) is 10.0. The van der Waals surface area contributed by atoms with Crippen LogP contribution in [0.2, 0.25) is 0 Å². The lowest BCUT2D eigenvalue weighted by Gasteiger charge is -2.27. The number of rotatable bonds is 4. The molecule has 2 aliphatic rings. The third-order valence-electron chi connectivity index (χ3n) is 5.16. The quantitative estimate of drug-likeness (QED) is 0.870. The Kier molecular flexibility index (Phi) is 3.98. The SMILES string of the molecule is CN(CC1CC2CCC1C2)C(=O)c1ccc(C(N)=S)cc1. The number of carbonyl (C=O) groups excluding carboxylic acids is 1. The maximum absolute atomic E-state index is 12.5. The first-order valence-electron chi connectivity index (χ1n) is 7.70. The Morgan fingerprint density at radius 3 is 2.43 bits per heavy atom. The molecule has 3 nitrogen and oxygen atoms in total. The Morgan fingerprint density at radius 1 is 1.24 bits per heavy atom. The van der Waals surface area contributed by atoms with Crippen molar-refractivity contribution < 1.29 is 4.79 Å². The van der Waals surface area contributed by atoms with Gasteiger partial charge in [0.05, 0.1) is 0 Å². The standard InChI is InChI=1S/C17H22N2OS/c1-19(10-15-9-11-2-3-14(15)8-11)17(20)13-6-4-12(5-7-13)16(18)21/h4-7,11,14-15H,2-3,8-10H2,1H3,(H2,18,21). The second-order valence-electron chi connectivity index (χ2n) is 6.56. The molecule has 1 aromatic carbocycles. The Morgan fingerprint density at radius 2 is 1.90 bits per heavy atom. The van der Waals surface area contributed by atoms with E-state index in [4.69, 9.17) is 18.0 Å². The fourth-order valence-corrected chi connectivity index (χ4v) is 4.17. The van der Waals surface area contributed by atoms with E-state index in [0.717, 1.165) is 23.9 Å². The van der Waals surface area contributed by atoms with Gasteiger partial charge in [-0.1, -0.05) is 30.8 Å². The van der Waals surface area contributed by atoms with Gasteiger partial charge in [0, 0.05) is 24.7 Å². The van der Waals surface area contributed by atoms with Gasteiger partial charge in [0.25, 0.3) is 5.91 Å². The lowest BCUT2D eigenvalue weighted by atomic mass is 9.88. The minimum atomic E-state index is 0.0901. The lowest BCUT2D eigenvalue weighted by Crippen LogP contribution is -2.33. The predicted molar refractivity (Wildman–Crippen MR) is 88.2 cm³/mol. The van der Waals surface area contributed by atoms with Gasteiger partial charge in [-0.2, -0.15) is 0 Å². The molecular formula is C17H22N2OS. The summed E-state index contributed by atoms with van der Waals surface area (Å²) in [6.45, 7) is 0.886. The molecule has 4 heteroatoms. The number of benzene rings is 1. The van der Waals surface area contributed by atoms with Crippen LogP contribution in [0.15, 0.2) is 24.3 Å². The van der Waals surface area contributed by atoms with Crippen LogP contribution in [-0.4, -0.2) is 29.4 Å². The topological polar surface area (TPSA) is 46.3 Å². The molecule has 0 radical (unpaired) electrons. The summed E-state index contributed by atoms with van der Waals surface area (Å²) in [5.74, 6) is 2.57. The van der Waals surface area contributed by atoms with Crippen molar-refractivity contribution in [1.29, 1.82) is 0 Å². The van der Waals surface area contributed by atoms with Gasteiger partial charge in [-0.15, -0.1) is 0 Å². The average molecular weight is 302 g/mol. The fourth-order valence-electron chi connectivity index (χ4n) is 4.03. The zero-order valence-corrected chi connectivity index (χ0v) is 13.2. The highest BCUT2D eigenvalue weighted by molar-refractivity contribution is 7.80. The van der Waals surface area contributed by atoms with Crippen LogP contribution in [0.3, 0.4) is 0 Å². The van der Waals surface area contributed by atoms with E-state index in [-0.39, 0.29) is 5.91 Å². The smallest absolute Gasteiger partial charge is 0.253 e. The van der Waals surface area contributed by atoms with E-state index in [0.29, 0.717) is 16.5 Å². The van der Waals surface area contributed by atoms with E-state index < -0.39 is 0 Å². The molecule has 112 valence electrons. The zero-order valence-electron chi connectivity index (χ0n) is 12.4. The third kappa shape index (κ3) is 2.95. The molecule has 1 aromatic rings. The van der Waals surface area contributed by atoms with E-state index in [9.17, 15) is 4.79 Å². The zero-order chi connectivity index (χ0) is 15.0. The number of hydrogen-bond donors (Lipinski definition) is 1. The number of thiocarbonyl (C=S) groups is 1. The van der Waals surface area contributed by atoms with Gasteiger partial charge in [-0.3, -0.25) is 4.79 Å². The summed E-state index contributed by atoms with van der Waals surface area (Å²) in [6.07, 6.45) is 5.46. The molecule has 2 saturated carbocycles. The van der Waals surface area contributed by atoms with Gasteiger partial charge in [-0.25, -0.2) is 0 Å². The van der Waals surface area contributed by atoms with Crippen LogP contribution in [0.1, 0.15) is 41.6 Å². The minimum Gasteiger partial charge on any atom is -0.389 e. The maximum atomic E-state index is 12.5. The Balaban J connectivity index is 1.62. The summed E-state index contributed by atoms with van der Waals surface area (Å²) in [6, 6.07) is 7.27. The summed E-state index contributed by atoms with van der Waals surface area (Å²) >= 11 is 4.93. The minimum absolute atomic E-state index is 0.0901. The lowest BCUT2D eigenvalue weighted by molar-refractivity contribution is 0.0754. The van der Waals surface area contributed by atoms with E-state index in [1.54, 1.807) is 0 Å². The van der Waals surface area contributed by atoms with Crippen molar-refractivity contribution in [3.8, 4) is 0 Å². The largest absolute Gasteiger partial charge is 0.389 e. The van der Waals surface area contributed by atoms with Crippen molar-refractivity contribution >= 4 is 23.1 Å². The monoisotopic (exact) mass is 302 g/mol. The second kappa shape index (κ2) is 5.76. The molecule has 0 saturated heterocycles. The summed E-state index contributed by atoms with van der Waals surface area (Å²) < 4.78 is 0. The molecule has 3 rings (SSSR count). The first-order valence-corrected chi connectivity index (χ1v) is 8.10. The van der Waals surface area contributed by atoms with Crippen LogP contribution < -0.4 is 5.73 Å². The Bertz CT molecular complexity index is 554. The van der Waals surface area contributed by atoms with Crippen LogP contribution >= 0.6 is 12.2 Å². The van der Waals surface area contributed by atoms with Crippen molar-refractivity contribution in [2.45, 2.75) is 25.7 Å². The molecule has 3 unspecified atom stereocenters. The van der Waals surface area contributed by atoms with Crippen molar-refractivity contribution in [3.63, 3.8) is 0 Å². The first kappa shape index (κ1) is 14.5. The highest BCUT2D eigenvalue weighted by atomic mass is 32.1. The van der Waals surface area contributed by atoms with E-state index in [2.05, 4.69) is 0 Å². The molecule has 2 aliphatic carbocycles. The van der Waals surface area contributed by atoms with Crippen molar-refractivity contribution in [1.82, 2.24) is 4.90 Å². The van der Waals surface area contributed by atoms with Crippen molar-refractivity contribution in [2.24, 2.45) is 23.5 Å². The van der Waals surface area contributed by atoms with Gasteiger partial charge < -0.3 is 10.6 Å². The number of hydrogen-bond acceptors (Lipinski definition) is 2. The number of nitrogens with two attached hydrogens (primary N) is 1. The molecule has 0 aromatic heterocycles. The molecule has 3 atom stereocenters. The molecule has 21 heavy (non-hydrogen) atoms.